The quantitative estimate of drug-likeness (QED) is 0.842. The molecule has 0 radical (unpaired) electrons. The molecule has 2 heterocycles. The van der Waals surface area contributed by atoms with E-state index in [2.05, 4.69) is 5.32 Å². The monoisotopic (exact) mass is 381 g/mol. The molecule has 1 unspecified atom stereocenters. The van der Waals surface area contributed by atoms with E-state index in [1.54, 1.807) is 6.07 Å². The maximum absolute atomic E-state index is 12.8. The van der Waals surface area contributed by atoms with E-state index in [4.69, 9.17) is 4.74 Å². The summed E-state index contributed by atoms with van der Waals surface area (Å²) < 4.78 is 5.57. The van der Waals surface area contributed by atoms with Gasteiger partial charge >= 0.3 is 0 Å². The van der Waals surface area contributed by atoms with Gasteiger partial charge in [-0.05, 0) is 38.1 Å². The van der Waals surface area contributed by atoms with E-state index < -0.39 is 0 Å². The lowest BCUT2D eigenvalue weighted by Gasteiger charge is -2.39. The smallest absolute Gasteiger partial charge is 0.257 e. The van der Waals surface area contributed by atoms with Crippen LogP contribution in [-0.4, -0.2) is 67.5 Å². The molecule has 6 nitrogen and oxygen atoms in total. The number of carbonyl (C=O) groups is 2. The molecule has 1 N–H and O–H groups in total. The number of benzene rings is 1. The molecule has 1 aromatic rings. The van der Waals surface area contributed by atoms with Crippen molar-refractivity contribution in [2.45, 2.75) is 13.8 Å². The van der Waals surface area contributed by atoms with Crippen molar-refractivity contribution in [2.24, 2.45) is 11.8 Å². The van der Waals surface area contributed by atoms with Gasteiger partial charge in [-0.15, -0.1) is 12.4 Å². The number of nitrogens with one attached hydrogen (secondary N) is 1. The van der Waals surface area contributed by atoms with Crippen LogP contribution < -0.4 is 10.1 Å². The highest BCUT2D eigenvalue weighted by molar-refractivity contribution is 5.97. The third kappa shape index (κ3) is 4.30. The van der Waals surface area contributed by atoms with Gasteiger partial charge in [-0.2, -0.15) is 0 Å². The Morgan fingerprint density at radius 1 is 1.15 bits per heavy atom. The molecule has 2 aliphatic heterocycles. The summed E-state index contributed by atoms with van der Waals surface area (Å²) in [5, 5.41) is 3.22. The highest BCUT2D eigenvalue weighted by atomic mass is 35.5. The fourth-order valence-electron chi connectivity index (χ4n) is 3.38. The average molecular weight is 382 g/mol. The summed E-state index contributed by atoms with van der Waals surface area (Å²) in [6, 6.07) is 7.35. The van der Waals surface area contributed by atoms with Crippen molar-refractivity contribution in [1.82, 2.24) is 15.1 Å². The summed E-state index contributed by atoms with van der Waals surface area (Å²) in [5.41, 5.74) is 0.595. The van der Waals surface area contributed by atoms with Gasteiger partial charge in [0.05, 0.1) is 12.2 Å². The molecule has 0 spiro atoms. The van der Waals surface area contributed by atoms with Gasteiger partial charge in [0, 0.05) is 32.1 Å². The van der Waals surface area contributed by atoms with Gasteiger partial charge in [-0.25, -0.2) is 0 Å². The van der Waals surface area contributed by atoms with Crippen LogP contribution in [0.3, 0.4) is 0 Å². The van der Waals surface area contributed by atoms with Crippen molar-refractivity contribution >= 4 is 24.2 Å². The van der Waals surface area contributed by atoms with E-state index in [1.807, 2.05) is 41.8 Å². The molecule has 3 rings (SSSR count). The molecule has 0 aromatic heterocycles. The standard InChI is InChI=1S/C19H27N3O3.ClH/c1-3-25-17-7-5-4-6-16(17)19(24)22-10-8-21(9-11-22)18(23)14(2)15-12-20-13-15;/h4-7,14-15,20H,3,8-13H2,1-2H3;1H. The van der Waals surface area contributed by atoms with Crippen LogP contribution in [0.25, 0.3) is 0 Å². The third-order valence-electron chi connectivity index (χ3n) is 5.21. The molecule has 2 amide bonds. The summed E-state index contributed by atoms with van der Waals surface area (Å²) in [6.07, 6.45) is 0. The highest BCUT2D eigenvalue weighted by Crippen LogP contribution is 2.22. The van der Waals surface area contributed by atoms with Crippen molar-refractivity contribution in [2.75, 3.05) is 45.9 Å². The lowest BCUT2D eigenvalue weighted by Crippen LogP contribution is -2.55. The van der Waals surface area contributed by atoms with Gasteiger partial charge < -0.3 is 19.9 Å². The molecular formula is C19H28ClN3O3. The number of rotatable bonds is 5. The van der Waals surface area contributed by atoms with E-state index in [-0.39, 0.29) is 30.1 Å². The molecule has 0 aliphatic carbocycles. The Morgan fingerprint density at radius 3 is 2.35 bits per heavy atom. The van der Waals surface area contributed by atoms with E-state index in [0.29, 0.717) is 50.0 Å². The second-order valence-corrected chi connectivity index (χ2v) is 6.75. The van der Waals surface area contributed by atoms with Gasteiger partial charge in [-0.3, -0.25) is 9.59 Å². The molecule has 1 atom stereocenters. The molecule has 144 valence electrons. The predicted molar refractivity (Wildman–Crippen MR) is 103 cm³/mol. The minimum Gasteiger partial charge on any atom is -0.493 e. The van der Waals surface area contributed by atoms with E-state index in [0.717, 1.165) is 13.1 Å². The van der Waals surface area contributed by atoms with E-state index in [1.165, 1.54) is 0 Å². The minimum absolute atomic E-state index is 0. The largest absolute Gasteiger partial charge is 0.493 e. The van der Waals surface area contributed by atoms with Gasteiger partial charge in [0.25, 0.3) is 5.91 Å². The first-order valence-electron chi connectivity index (χ1n) is 9.12. The highest BCUT2D eigenvalue weighted by Gasteiger charge is 2.33. The van der Waals surface area contributed by atoms with Crippen LogP contribution in [0.4, 0.5) is 0 Å². The minimum atomic E-state index is -0.0209. The molecule has 0 bridgehead atoms. The van der Waals surface area contributed by atoms with Crippen LogP contribution >= 0.6 is 12.4 Å². The molecule has 2 fully saturated rings. The van der Waals surface area contributed by atoms with Gasteiger partial charge in [-0.1, -0.05) is 19.1 Å². The Morgan fingerprint density at radius 2 is 1.77 bits per heavy atom. The predicted octanol–water partition coefficient (Wildman–Crippen LogP) is 1.65. The lowest BCUT2D eigenvalue weighted by molar-refractivity contribution is -0.138. The molecule has 26 heavy (non-hydrogen) atoms. The zero-order chi connectivity index (χ0) is 17.8. The van der Waals surface area contributed by atoms with Crippen molar-refractivity contribution in [3.63, 3.8) is 0 Å². The summed E-state index contributed by atoms with van der Waals surface area (Å²) in [5.74, 6) is 1.33. The average Bonchev–Trinajstić information content (AvgIpc) is 2.60. The van der Waals surface area contributed by atoms with Crippen LogP contribution in [0.15, 0.2) is 24.3 Å². The molecule has 2 aliphatic rings. The van der Waals surface area contributed by atoms with Crippen molar-refractivity contribution < 1.29 is 14.3 Å². The van der Waals surface area contributed by atoms with Gasteiger partial charge in [0.1, 0.15) is 5.75 Å². The van der Waals surface area contributed by atoms with E-state index >= 15 is 0 Å². The number of amides is 2. The maximum Gasteiger partial charge on any atom is 0.257 e. The Balaban J connectivity index is 0.00000243. The van der Waals surface area contributed by atoms with Crippen LogP contribution in [0.2, 0.25) is 0 Å². The van der Waals surface area contributed by atoms with Crippen LogP contribution in [0, 0.1) is 11.8 Å². The topological polar surface area (TPSA) is 61.9 Å². The zero-order valence-electron chi connectivity index (χ0n) is 15.4. The summed E-state index contributed by atoms with van der Waals surface area (Å²) in [7, 11) is 0. The number of ether oxygens (including phenoxy) is 1. The summed E-state index contributed by atoms with van der Waals surface area (Å²) >= 11 is 0. The molecular weight excluding hydrogens is 354 g/mol. The maximum atomic E-state index is 12.8. The number of halogens is 1. The summed E-state index contributed by atoms with van der Waals surface area (Å²) in [6.45, 7) is 8.66. The van der Waals surface area contributed by atoms with Crippen LogP contribution in [0.1, 0.15) is 24.2 Å². The normalized spacial score (nSPS) is 18.5. The fraction of sp³-hybridized carbons (Fsp3) is 0.579. The SMILES string of the molecule is CCOc1ccccc1C(=O)N1CCN(C(=O)C(C)C2CNC2)CC1.Cl. The zero-order valence-corrected chi connectivity index (χ0v) is 16.3. The summed E-state index contributed by atoms with van der Waals surface area (Å²) in [4.78, 5) is 29.1. The molecule has 0 saturated carbocycles. The number of hydrogen-bond acceptors (Lipinski definition) is 4. The van der Waals surface area contributed by atoms with Crippen molar-refractivity contribution in [1.29, 1.82) is 0 Å². The number of para-hydroxylation sites is 1. The van der Waals surface area contributed by atoms with E-state index in [9.17, 15) is 9.59 Å². The second-order valence-electron chi connectivity index (χ2n) is 6.75. The van der Waals surface area contributed by atoms with Gasteiger partial charge in [0.2, 0.25) is 5.91 Å². The second kappa shape index (κ2) is 9.24. The Kier molecular flexibility index (Phi) is 7.29. The van der Waals surface area contributed by atoms with Crippen LogP contribution in [0.5, 0.6) is 5.75 Å². The Labute approximate surface area is 161 Å². The first-order chi connectivity index (χ1) is 12.1. The first-order valence-corrected chi connectivity index (χ1v) is 9.12. The number of carbonyl (C=O) groups excluding carboxylic acids is 2. The molecule has 1 aromatic carbocycles. The van der Waals surface area contributed by atoms with Crippen molar-refractivity contribution in [3.05, 3.63) is 29.8 Å². The third-order valence-corrected chi connectivity index (χ3v) is 5.21. The molecule has 2 saturated heterocycles. The number of piperazine rings is 1. The fourth-order valence-corrected chi connectivity index (χ4v) is 3.38. The number of nitrogens with zero attached hydrogens (tertiary/aromatic N) is 2. The van der Waals surface area contributed by atoms with Crippen molar-refractivity contribution in [3.8, 4) is 5.75 Å². The lowest BCUT2D eigenvalue weighted by atomic mass is 9.88. The first kappa shape index (κ1) is 20.5. The number of hydrogen-bond donors (Lipinski definition) is 1. The molecule has 7 heteroatoms. The van der Waals surface area contributed by atoms with Gasteiger partial charge in [0.15, 0.2) is 0 Å². The Bertz CT molecular complexity index is 628. The Hall–Kier alpha value is -1.79. The van der Waals surface area contributed by atoms with Crippen LogP contribution in [-0.2, 0) is 4.79 Å².